The van der Waals surface area contributed by atoms with Crippen LogP contribution in [0.3, 0.4) is 0 Å². The normalized spacial score (nSPS) is 10.8. The molecule has 0 bridgehead atoms. The molecule has 0 aliphatic carbocycles. The highest BCUT2D eigenvalue weighted by atomic mass is 16.1. The molecule has 0 amide bonds. The minimum atomic E-state index is -0.200. The molecular weight excluding hydrogens is 220 g/mol. The molecule has 17 heavy (non-hydrogen) atoms. The van der Waals surface area contributed by atoms with Crippen LogP contribution in [0.4, 0.5) is 5.82 Å². The van der Waals surface area contributed by atoms with Crippen LogP contribution in [-0.4, -0.2) is 24.6 Å². The van der Waals surface area contributed by atoms with Gasteiger partial charge in [0, 0.05) is 24.0 Å². The molecule has 0 aliphatic rings. The molecule has 0 unspecified atom stereocenters. The highest BCUT2D eigenvalue weighted by Crippen LogP contribution is 2.13. The Bertz CT molecular complexity index is 744. The minimum absolute atomic E-state index is 0.200. The Morgan fingerprint density at radius 3 is 3.00 bits per heavy atom. The highest BCUT2D eigenvalue weighted by molar-refractivity contribution is 5.56. The average molecular weight is 228 g/mol. The van der Waals surface area contributed by atoms with Crippen molar-refractivity contribution >= 4 is 11.6 Å². The van der Waals surface area contributed by atoms with Crippen LogP contribution in [0.15, 0.2) is 35.4 Å². The number of aromatic nitrogens is 5. The van der Waals surface area contributed by atoms with Gasteiger partial charge in [-0.2, -0.15) is 9.97 Å². The first-order valence-electron chi connectivity index (χ1n) is 4.90. The van der Waals surface area contributed by atoms with E-state index in [2.05, 4.69) is 20.1 Å². The second-order valence-electron chi connectivity index (χ2n) is 3.47. The number of rotatable bonds is 1. The summed E-state index contributed by atoms with van der Waals surface area (Å²) in [5.74, 6) is 1.22. The number of anilines is 1. The zero-order valence-corrected chi connectivity index (χ0v) is 8.66. The Morgan fingerprint density at radius 2 is 2.18 bits per heavy atom. The molecule has 0 saturated heterocycles. The summed E-state index contributed by atoms with van der Waals surface area (Å²) in [7, 11) is 0. The number of fused-ring (bicyclic) bond motifs is 1. The number of nitrogens with two attached hydrogens (primary N) is 1. The quantitative estimate of drug-likeness (QED) is 0.613. The topological polar surface area (TPSA) is 102 Å². The van der Waals surface area contributed by atoms with Gasteiger partial charge in [0.25, 0.3) is 5.78 Å². The Balaban J connectivity index is 2.21. The van der Waals surface area contributed by atoms with Crippen molar-refractivity contribution < 1.29 is 0 Å². The van der Waals surface area contributed by atoms with Crippen molar-refractivity contribution in [2.45, 2.75) is 0 Å². The smallest absolute Gasteiger partial charge is 0.254 e. The monoisotopic (exact) mass is 228 g/mol. The summed E-state index contributed by atoms with van der Waals surface area (Å²) in [6.45, 7) is 0. The number of aromatic amines is 1. The van der Waals surface area contributed by atoms with Crippen LogP contribution in [0.25, 0.3) is 17.2 Å². The summed E-state index contributed by atoms with van der Waals surface area (Å²) in [4.78, 5) is 21.9. The van der Waals surface area contributed by atoms with E-state index in [1.807, 2.05) is 0 Å². The molecule has 0 fully saturated rings. The number of hydrogen-bond acceptors (Lipinski definition) is 5. The van der Waals surface area contributed by atoms with Crippen molar-refractivity contribution in [1.29, 1.82) is 0 Å². The summed E-state index contributed by atoms with van der Waals surface area (Å²) in [6, 6.07) is 4.78. The lowest BCUT2D eigenvalue weighted by molar-refractivity contribution is 0.944. The number of hydrogen-bond donors (Lipinski definition) is 2. The van der Waals surface area contributed by atoms with Gasteiger partial charge in [-0.1, -0.05) is 0 Å². The molecule has 3 heterocycles. The second kappa shape index (κ2) is 3.41. The van der Waals surface area contributed by atoms with Gasteiger partial charge in [0.15, 0.2) is 5.82 Å². The molecule has 3 N–H and O–H groups in total. The zero-order chi connectivity index (χ0) is 11.8. The SMILES string of the molecule is Nc1ccn2nc(-c3cc[nH]c(=O)c3)nc2n1. The number of pyridine rings is 1. The molecule has 0 saturated carbocycles. The Kier molecular flexibility index (Phi) is 1.91. The maximum Gasteiger partial charge on any atom is 0.254 e. The third kappa shape index (κ3) is 1.63. The molecule has 0 atom stereocenters. The molecule has 7 heteroatoms. The van der Waals surface area contributed by atoms with Gasteiger partial charge in [0.05, 0.1) is 0 Å². The van der Waals surface area contributed by atoms with Gasteiger partial charge in [0.1, 0.15) is 5.82 Å². The van der Waals surface area contributed by atoms with Crippen molar-refractivity contribution in [2.75, 3.05) is 5.73 Å². The van der Waals surface area contributed by atoms with Crippen molar-refractivity contribution in [2.24, 2.45) is 0 Å². The average Bonchev–Trinajstić information content (AvgIpc) is 2.72. The van der Waals surface area contributed by atoms with Crippen LogP contribution in [0.1, 0.15) is 0 Å². The van der Waals surface area contributed by atoms with Gasteiger partial charge in [-0.15, -0.1) is 5.10 Å². The molecule has 0 radical (unpaired) electrons. The van der Waals surface area contributed by atoms with Gasteiger partial charge in [-0.05, 0) is 12.1 Å². The Morgan fingerprint density at radius 1 is 1.29 bits per heavy atom. The van der Waals surface area contributed by atoms with Crippen LogP contribution in [0, 0.1) is 0 Å². The first kappa shape index (κ1) is 9.52. The van der Waals surface area contributed by atoms with Gasteiger partial charge in [-0.3, -0.25) is 4.79 Å². The predicted molar refractivity (Wildman–Crippen MR) is 61.3 cm³/mol. The summed E-state index contributed by atoms with van der Waals surface area (Å²) in [6.07, 6.45) is 3.21. The van der Waals surface area contributed by atoms with E-state index in [1.54, 1.807) is 24.5 Å². The molecule has 0 aliphatic heterocycles. The first-order chi connectivity index (χ1) is 8.22. The van der Waals surface area contributed by atoms with Gasteiger partial charge >= 0.3 is 0 Å². The largest absolute Gasteiger partial charge is 0.384 e. The van der Waals surface area contributed by atoms with E-state index in [4.69, 9.17) is 5.73 Å². The zero-order valence-electron chi connectivity index (χ0n) is 8.66. The van der Waals surface area contributed by atoms with E-state index in [0.29, 0.717) is 23.0 Å². The third-order valence-corrected chi connectivity index (χ3v) is 2.26. The Labute approximate surface area is 95.0 Å². The van der Waals surface area contributed by atoms with Crippen LogP contribution in [0.5, 0.6) is 0 Å². The summed E-state index contributed by atoms with van der Waals surface area (Å²) in [5.41, 5.74) is 5.99. The molecule has 0 aromatic carbocycles. The van der Waals surface area contributed by atoms with Crippen molar-refractivity contribution in [3.8, 4) is 11.4 Å². The summed E-state index contributed by atoms with van der Waals surface area (Å²) < 4.78 is 1.51. The molecule has 0 spiro atoms. The number of nitrogen functional groups attached to an aromatic ring is 1. The van der Waals surface area contributed by atoms with Crippen molar-refractivity contribution in [3.63, 3.8) is 0 Å². The van der Waals surface area contributed by atoms with Crippen LogP contribution in [0.2, 0.25) is 0 Å². The van der Waals surface area contributed by atoms with Gasteiger partial charge in [0.2, 0.25) is 5.56 Å². The third-order valence-electron chi connectivity index (χ3n) is 2.26. The molecule has 3 aromatic heterocycles. The first-order valence-corrected chi connectivity index (χ1v) is 4.90. The van der Waals surface area contributed by atoms with E-state index < -0.39 is 0 Å². The van der Waals surface area contributed by atoms with Crippen molar-refractivity contribution in [1.82, 2.24) is 24.6 Å². The molecule has 84 valence electrons. The number of nitrogens with one attached hydrogen (secondary N) is 1. The maximum atomic E-state index is 11.2. The molecular formula is C10H8N6O. The predicted octanol–water partition coefficient (Wildman–Crippen LogP) is 0.0618. The van der Waals surface area contributed by atoms with E-state index in [0.717, 1.165) is 0 Å². The minimum Gasteiger partial charge on any atom is -0.384 e. The lowest BCUT2D eigenvalue weighted by atomic mass is 10.2. The lowest BCUT2D eigenvalue weighted by Gasteiger charge is -1.91. The fourth-order valence-electron chi connectivity index (χ4n) is 1.50. The van der Waals surface area contributed by atoms with Gasteiger partial charge in [-0.25, -0.2) is 4.52 Å². The Hall–Kier alpha value is -2.70. The van der Waals surface area contributed by atoms with Crippen LogP contribution in [-0.2, 0) is 0 Å². The van der Waals surface area contributed by atoms with Crippen molar-refractivity contribution in [3.05, 3.63) is 40.9 Å². The lowest BCUT2D eigenvalue weighted by Crippen LogP contribution is -2.02. The standard InChI is InChI=1S/C10H8N6O/c11-7-2-4-16-10(13-7)14-9(15-16)6-1-3-12-8(17)5-6/h1-5H,(H,12,17)(H2,11,13,14,15). The number of H-pyrrole nitrogens is 1. The van der Waals surface area contributed by atoms with Crippen LogP contribution >= 0.6 is 0 Å². The van der Waals surface area contributed by atoms with Gasteiger partial charge < -0.3 is 10.7 Å². The number of nitrogens with zero attached hydrogens (tertiary/aromatic N) is 4. The maximum absolute atomic E-state index is 11.2. The molecule has 7 nitrogen and oxygen atoms in total. The van der Waals surface area contributed by atoms with E-state index >= 15 is 0 Å². The van der Waals surface area contributed by atoms with Crippen LogP contribution < -0.4 is 11.3 Å². The van der Waals surface area contributed by atoms with E-state index in [9.17, 15) is 4.79 Å². The fraction of sp³-hybridized carbons (Fsp3) is 0. The highest BCUT2D eigenvalue weighted by Gasteiger charge is 2.07. The fourth-order valence-corrected chi connectivity index (χ4v) is 1.50. The molecule has 3 aromatic rings. The summed E-state index contributed by atoms with van der Waals surface area (Å²) >= 11 is 0. The van der Waals surface area contributed by atoms with E-state index in [1.165, 1.54) is 10.6 Å². The molecule has 3 rings (SSSR count). The summed E-state index contributed by atoms with van der Waals surface area (Å²) in [5, 5.41) is 4.20. The second-order valence-corrected chi connectivity index (χ2v) is 3.47. The van der Waals surface area contributed by atoms with E-state index in [-0.39, 0.29) is 5.56 Å².